The summed E-state index contributed by atoms with van der Waals surface area (Å²) in [7, 11) is 0. The second kappa shape index (κ2) is 6.30. The van der Waals surface area contributed by atoms with E-state index in [4.69, 9.17) is 4.74 Å². The van der Waals surface area contributed by atoms with Crippen LogP contribution >= 0.6 is 0 Å². The minimum Gasteiger partial charge on any atom is -0.493 e. The minimum atomic E-state index is -1.11. The summed E-state index contributed by atoms with van der Waals surface area (Å²) in [6.07, 6.45) is 0.439. The van der Waals surface area contributed by atoms with E-state index in [1.54, 1.807) is 0 Å². The molecular formula is C18H20N2O3. The van der Waals surface area contributed by atoms with Gasteiger partial charge >= 0.3 is 6.03 Å². The van der Waals surface area contributed by atoms with E-state index in [9.17, 15) is 9.90 Å². The molecule has 1 aliphatic heterocycles. The highest BCUT2D eigenvalue weighted by Gasteiger charge is 2.35. The van der Waals surface area contributed by atoms with Crippen molar-refractivity contribution in [1.82, 2.24) is 5.32 Å². The van der Waals surface area contributed by atoms with Gasteiger partial charge < -0.3 is 20.5 Å². The fourth-order valence-electron chi connectivity index (χ4n) is 2.66. The number of carbonyl (C=O) groups is 1. The second-order valence-corrected chi connectivity index (χ2v) is 5.80. The van der Waals surface area contributed by atoms with Gasteiger partial charge in [-0.15, -0.1) is 0 Å². The van der Waals surface area contributed by atoms with Gasteiger partial charge in [-0.25, -0.2) is 4.79 Å². The van der Waals surface area contributed by atoms with Crippen LogP contribution in [0.2, 0.25) is 0 Å². The zero-order valence-electron chi connectivity index (χ0n) is 13.0. The van der Waals surface area contributed by atoms with Crippen molar-refractivity contribution in [2.24, 2.45) is 0 Å². The summed E-state index contributed by atoms with van der Waals surface area (Å²) in [4.78, 5) is 12.0. The van der Waals surface area contributed by atoms with Crippen LogP contribution in [0.3, 0.4) is 0 Å². The Bertz CT molecular complexity index is 700. The first-order valence-corrected chi connectivity index (χ1v) is 7.63. The lowest BCUT2D eigenvalue weighted by Crippen LogP contribution is -2.45. The first-order valence-electron chi connectivity index (χ1n) is 7.63. The Morgan fingerprint density at radius 3 is 2.74 bits per heavy atom. The molecule has 1 aliphatic rings. The van der Waals surface area contributed by atoms with Crippen LogP contribution in [-0.2, 0) is 5.60 Å². The molecule has 1 unspecified atom stereocenters. The number of amides is 2. The fraction of sp³-hybridized carbons (Fsp3) is 0.278. The molecule has 0 aromatic heterocycles. The van der Waals surface area contributed by atoms with Gasteiger partial charge in [0.2, 0.25) is 0 Å². The number of rotatable bonds is 3. The summed E-state index contributed by atoms with van der Waals surface area (Å²) in [6.45, 7) is 2.54. The molecule has 23 heavy (non-hydrogen) atoms. The van der Waals surface area contributed by atoms with Gasteiger partial charge in [0.05, 0.1) is 13.2 Å². The molecule has 3 N–H and O–H groups in total. The number of aryl methyl sites for hydroxylation is 1. The molecule has 2 aromatic carbocycles. The smallest absolute Gasteiger partial charge is 0.319 e. The molecule has 5 heteroatoms. The van der Waals surface area contributed by atoms with Crippen molar-refractivity contribution in [3.8, 4) is 5.75 Å². The third kappa shape index (κ3) is 3.46. The fourth-order valence-corrected chi connectivity index (χ4v) is 2.66. The van der Waals surface area contributed by atoms with E-state index in [0.717, 1.165) is 5.56 Å². The van der Waals surface area contributed by atoms with Gasteiger partial charge in [0, 0.05) is 17.7 Å². The summed E-state index contributed by atoms with van der Waals surface area (Å²) in [5.74, 6) is 0.669. The maximum absolute atomic E-state index is 12.0. The summed E-state index contributed by atoms with van der Waals surface area (Å²) in [5, 5.41) is 16.4. The van der Waals surface area contributed by atoms with Crippen molar-refractivity contribution in [3.63, 3.8) is 0 Å². The van der Waals surface area contributed by atoms with Gasteiger partial charge in [-0.1, -0.05) is 35.9 Å². The SMILES string of the molecule is Cc1ccc(NC(=O)NCC2(O)CCOc3ccccc32)cc1. The van der Waals surface area contributed by atoms with Crippen LogP contribution in [0.1, 0.15) is 17.5 Å². The van der Waals surface area contributed by atoms with Gasteiger partial charge in [-0.2, -0.15) is 0 Å². The number of aliphatic hydroxyl groups is 1. The van der Waals surface area contributed by atoms with Crippen molar-refractivity contribution in [2.75, 3.05) is 18.5 Å². The number of carbonyl (C=O) groups excluding carboxylic acids is 1. The quantitative estimate of drug-likeness (QED) is 0.816. The summed E-state index contributed by atoms with van der Waals surface area (Å²) < 4.78 is 5.54. The van der Waals surface area contributed by atoms with Crippen LogP contribution in [-0.4, -0.2) is 24.3 Å². The Morgan fingerprint density at radius 1 is 1.22 bits per heavy atom. The van der Waals surface area contributed by atoms with Gasteiger partial charge in [0.25, 0.3) is 0 Å². The van der Waals surface area contributed by atoms with E-state index in [1.807, 2.05) is 55.5 Å². The van der Waals surface area contributed by atoms with Crippen LogP contribution < -0.4 is 15.4 Å². The molecule has 0 aliphatic carbocycles. The van der Waals surface area contributed by atoms with Crippen LogP contribution in [0.15, 0.2) is 48.5 Å². The number of urea groups is 1. The third-order valence-corrected chi connectivity index (χ3v) is 4.01. The van der Waals surface area contributed by atoms with Gasteiger partial charge in [-0.3, -0.25) is 0 Å². The molecule has 0 fully saturated rings. The Morgan fingerprint density at radius 2 is 1.96 bits per heavy atom. The Kier molecular flexibility index (Phi) is 4.21. The molecule has 120 valence electrons. The van der Waals surface area contributed by atoms with E-state index in [-0.39, 0.29) is 12.6 Å². The molecule has 0 saturated heterocycles. The normalized spacial score (nSPS) is 19.4. The number of hydrogen-bond donors (Lipinski definition) is 3. The van der Waals surface area contributed by atoms with Crippen LogP contribution in [0.25, 0.3) is 0 Å². The van der Waals surface area contributed by atoms with Gasteiger partial charge in [0.1, 0.15) is 11.4 Å². The van der Waals surface area contributed by atoms with Crippen molar-refractivity contribution in [1.29, 1.82) is 0 Å². The van der Waals surface area contributed by atoms with Crippen molar-refractivity contribution < 1.29 is 14.6 Å². The molecule has 1 heterocycles. The maximum Gasteiger partial charge on any atom is 0.319 e. The molecule has 5 nitrogen and oxygen atoms in total. The van der Waals surface area contributed by atoms with E-state index in [1.165, 1.54) is 0 Å². The predicted octanol–water partition coefficient (Wildman–Crippen LogP) is 2.79. The summed E-state index contributed by atoms with van der Waals surface area (Å²) in [6, 6.07) is 14.6. The number of ether oxygens (including phenoxy) is 1. The number of benzene rings is 2. The highest BCUT2D eigenvalue weighted by molar-refractivity contribution is 5.89. The molecule has 3 rings (SSSR count). The molecule has 0 radical (unpaired) electrons. The largest absolute Gasteiger partial charge is 0.493 e. The van der Waals surface area contributed by atoms with Crippen molar-refractivity contribution >= 4 is 11.7 Å². The summed E-state index contributed by atoms with van der Waals surface area (Å²) >= 11 is 0. The monoisotopic (exact) mass is 312 g/mol. The van der Waals surface area contributed by atoms with E-state index in [2.05, 4.69) is 10.6 Å². The zero-order valence-corrected chi connectivity index (χ0v) is 13.0. The zero-order chi connectivity index (χ0) is 16.3. The maximum atomic E-state index is 12.0. The van der Waals surface area contributed by atoms with E-state index in [0.29, 0.717) is 30.0 Å². The average molecular weight is 312 g/mol. The minimum absolute atomic E-state index is 0.130. The number of fused-ring (bicyclic) bond motifs is 1. The first kappa shape index (κ1) is 15.4. The average Bonchev–Trinajstić information content (AvgIpc) is 2.56. The highest BCUT2D eigenvalue weighted by Crippen LogP contribution is 2.36. The number of anilines is 1. The second-order valence-electron chi connectivity index (χ2n) is 5.80. The van der Waals surface area contributed by atoms with E-state index < -0.39 is 5.60 Å². The highest BCUT2D eigenvalue weighted by atomic mass is 16.5. The lowest BCUT2D eigenvalue weighted by molar-refractivity contribution is 0.000399. The number of hydrogen-bond acceptors (Lipinski definition) is 3. The molecule has 0 bridgehead atoms. The number of para-hydroxylation sites is 1. The Hall–Kier alpha value is -2.53. The summed E-state index contributed by atoms with van der Waals surface area (Å²) in [5.41, 5.74) is 1.44. The Balaban J connectivity index is 1.64. The predicted molar refractivity (Wildman–Crippen MR) is 88.7 cm³/mol. The topological polar surface area (TPSA) is 70.6 Å². The molecule has 0 spiro atoms. The van der Waals surface area contributed by atoms with Crippen LogP contribution in [0.4, 0.5) is 10.5 Å². The van der Waals surface area contributed by atoms with Crippen LogP contribution in [0, 0.1) is 6.92 Å². The lowest BCUT2D eigenvalue weighted by Gasteiger charge is -2.34. The molecule has 2 amide bonds. The van der Waals surface area contributed by atoms with Crippen molar-refractivity contribution in [2.45, 2.75) is 18.9 Å². The van der Waals surface area contributed by atoms with E-state index >= 15 is 0 Å². The van der Waals surface area contributed by atoms with Gasteiger partial charge in [-0.05, 0) is 25.1 Å². The lowest BCUT2D eigenvalue weighted by atomic mass is 9.88. The van der Waals surface area contributed by atoms with Crippen LogP contribution in [0.5, 0.6) is 5.75 Å². The molecule has 1 atom stereocenters. The number of nitrogens with one attached hydrogen (secondary N) is 2. The Labute approximate surface area is 135 Å². The third-order valence-electron chi connectivity index (χ3n) is 4.01. The molecule has 0 saturated carbocycles. The van der Waals surface area contributed by atoms with Gasteiger partial charge in [0.15, 0.2) is 0 Å². The molecular weight excluding hydrogens is 292 g/mol. The first-order chi connectivity index (χ1) is 11.1. The molecule has 2 aromatic rings. The standard InChI is InChI=1S/C18H20N2O3/c1-13-6-8-14(9-7-13)20-17(21)19-12-18(22)10-11-23-16-5-3-2-4-15(16)18/h2-9,22H,10-12H2,1H3,(H2,19,20,21). The van der Waals surface area contributed by atoms with Crippen molar-refractivity contribution in [3.05, 3.63) is 59.7 Å².